The van der Waals surface area contributed by atoms with Gasteiger partial charge in [0.15, 0.2) is 5.01 Å². The largest absolute Gasteiger partial charge is 0.501 e. The van der Waals surface area contributed by atoms with E-state index in [0.29, 0.717) is 5.01 Å². The molecule has 9 heteroatoms. The number of furan rings is 1. The molecule has 0 saturated carbocycles. The van der Waals surface area contributed by atoms with Crippen LogP contribution in [0.15, 0.2) is 16.0 Å². The highest BCUT2D eigenvalue weighted by Crippen LogP contribution is 2.46. The van der Waals surface area contributed by atoms with Gasteiger partial charge in [-0.1, -0.05) is 0 Å². The maximum absolute atomic E-state index is 11.4. The summed E-state index contributed by atoms with van der Waals surface area (Å²) in [6.45, 7) is 2.94. The Morgan fingerprint density at radius 1 is 1.52 bits per heavy atom. The molecule has 0 unspecified atom stereocenters. The highest BCUT2D eigenvalue weighted by atomic mass is 32.1. The van der Waals surface area contributed by atoms with Crippen molar-refractivity contribution in [1.82, 2.24) is 4.98 Å². The second-order valence-electron chi connectivity index (χ2n) is 3.71. The Morgan fingerprint density at radius 2 is 2.29 bits per heavy atom. The average Bonchev–Trinajstić information content (AvgIpc) is 3.02. The van der Waals surface area contributed by atoms with Gasteiger partial charge in [-0.3, -0.25) is 10.1 Å². The van der Waals surface area contributed by atoms with Gasteiger partial charge in [0.05, 0.1) is 6.61 Å². The molecule has 2 aromatic heterocycles. The van der Waals surface area contributed by atoms with Gasteiger partial charge < -0.3 is 19.0 Å². The first-order valence-electron chi connectivity index (χ1n) is 5.90. The lowest BCUT2D eigenvalue weighted by Gasteiger charge is -2.04. The van der Waals surface area contributed by atoms with Crippen molar-refractivity contribution >= 4 is 29.3 Å². The summed E-state index contributed by atoms with van der Waals surface area (Å²) < 4.78 is 14.9. The van der Waals surface area contributed by atoms with Crippen molar-refractivity contribution in [3.8, 4) is 22.3 Å². The number of thiazole rings is 1. The van der Waals surface area contributed by atoms with E-state index >= 15 is 0 Å². The molecule has 2 aromatic rings. The normalized spacial score (nSPS) is 10.2. The quantitative estimate of drug-likeness (QED) is 0.835. The van der Waals surface area contributed by atoms with Crippen LogP contribution in [-0.2, 0) is 9.53 Å². The number of nitrogens with one attached hydrogen (secondary N) is 1. The van der Waals surface area contributed by atoms with Gasteiger partial charge >= 0.3 is 12.1 Å². The summed E-state index contributed by atoms with van der Waals surface area (Å²) in [5.74, 6) is -1.63. The topological polar surface area (TPSA) is 111 Å². The standard InChI is InChI=1S/C12H12N2O6S/c1-3-18-12(17)14-10-8(19-6(2)15)7(16)9(20-10)11-13-4-5-21-11/h4-5,16H,3H2,1-2H3,(H,14,17). The molecule has 8 nitrogen and oxygen atoms in total. The van der Waals surface area contributed by atoms with E-state index in [1.807, 2.05) is 0 Å². The molecule has 0 aliphatic heterocycles. The number of aromatic nitrogens is 1. The number of esters is 1. The van der Waals surface area contributed by atoms with Crippen molar-refractivity contribution in [2.45, 2.75) is 13.8 Å². The maximum Gasteiger partial charge on any atom is 0.414 e. The number of carbonyl (C=O) groups is 2. The van der Waals surface area contributed by atoms with Gasteiger partial charge in [-0.25, -0.2) is 9.78 Å². The van der Waals surface area contributed by atoms with E-state index in [-0.39, 0.29) is 24.0 Å². The zero-order valence-corrected chi connectivity index (χ0v) is 12.0. The molecule has 0 saturated heterocycles. The maximum atomic E-state index is 11.4. The van der Waals surface area contributed by atoms with E-state index in [4.69, 9.17) is 13.9 Å². The first-order valence-corrected chi connectivity index (χ1v) is 6.78. The Bertz CT molecular complexity index is 649. The van der Waals surface area contributed by atoms with E-state index < -0.39 is 17.8 Å². The molecule has 0 aliphatic carbocycles. The van der Waals surface area contributed by atoms with Gasteiger partial charge in [-0.05, 0) is 6.92 Å². The fraction of sp³-hybridized carbons (Fsp3) is 0.250. The number of carbonyl (C=O) groups excluding carboxylic acids is 2. The molecule has 0 bridgehead atoms. The fourth-order valence-corrected chi connectivity index (χ4v) is 2.09. The van der Waals surface area contributed by atoms with Crippen molar-refractivity contribution in [3.05, 3.63) is 11.6 Å². The number of anilines is 1. The van der Waals surface area contributed by atoms with Gasteiger partial charge in [0.2, 0.25) is 17.3 Å². The molecular weight excluding hydrogens is 300 g/mol. The van der Waals surface area contributed by atoms with Gasteiger partial charge in [-0.15, -0.1) is 11.3 Å². The smallest absolute Gasteiger partial charge is 0.414 e. The lowest BCUT2D eigenvalue weighted by atomic mass is 10.4. The lowest BCUT2D eigenvalue weighted by molar-refractivity contribution is -0.132. The third-order valence-corrected chi connectivity index (χ3v) is 2.98. The van der Waals surface area contributed by atoms with E-state index in [2.05, 4.69) is 10.3 Å². The summed E-state index contributed by atoms with van der Waals surface area (Å²) in [6, 6.07) is 0. The molecule has 1 amide bonds. The van der Waals surface area contributed by atoms with Gasteiger partial charge in [0.25, 0.3) is 5.88 Å². The first-order chi connectivity index (χ1) is 10.0. The minimum atomic E-state index is -0.801. The van der Waals surface area contributed by atoms with Crippen LogP contribution in [0.5, 0.6) is 11.5 Å². The highest BCUT2D eigenvalue weighted by molar-refractivity contribution is 7.13. The number of rotatable bonds is 4. The van der Waals surface area contributed by atoms with Crippen molar-refractivity contribution in [3.63, 3.8) is 0 Å². The molecule has 21 heavy (non-hydrogen) atoms. The van der Waals surface area contributed by atoms with Crippen molar-refractivity contribution in [1.29, 1.82) is 0 Å². The Balaban J connectivity index is 2.39. The molecule has 112 valence electrons. The van der Waals surface area contributed by atoms with E-state index in [9.17, 15) is 14.7 Å². The van der Waals surface area contributed by atoms with Crippen LogP contribution in [0.1, 0.15) is 13.8 Å². The monoisotopic (exact) mass is 312 g/mol. The van der Waals surface area contributed by atoms with E-state index in [1.165, 1.54) is 17.5 Å². The van der Waals surface area contributed by atoms with Gasteiger partial charge in [0, 0.05) is 18.5 Å². The molecule has 0 aliphatic rings. The van der Waals surface area contributed by atoms with Crippen LogP contribution in [-0.4, -0.2) is 28.8 Å². The summed E-state index contributed by atoms with van der Waals surface area (Å²) in [7, 11) is 0. The number of ether oxygens (including phenoxy) is 2. The molecule has 2 heterocycles. The number of nitrogens with zero attached hydrogens (tertiary/aromatic N) is 1. The molecule has 0 aromatic carbocycles. The van der Waals surface area contributed by atoms with Crippen LogP contribution in [0.2, 0.25) is 0 Å². The predicted octanol–water partition coefficient (Wildman–Crippen LogP) is 2.60. The van der Waals surface area contributed by atoms with Crippen LogP contribution in [0, 0.1) is 0 Å². The molecule has 0 radical (unpaired) electrons. The van der Waals surface area contributed by atoms with Crippen LogP contribution < -0.4 is 10.1 Å². The van der Waals surface area contributed by atoms with Crippen LogP contribution in [0.4, 0.5) is 10.7 Å². The average molecular weight is 312 g/mol. The molecule has 2 N–H and O–H groups in total. The summed E-state index contributed by atoms with van der Waals surface area (Å²) in [6.07, 6.45) is 0.719. The highest BCUT2D eigenvalue weighted by Gasteiger charge is 2.26. The summed E-state index contributed by atoms with van der Waals surface area (Å²) in [5, 5.41) is 14.4. The summed E-state index contributed by atoms with van der Waals surface area (Å²) in [5.41, 5.74) is 0. The molecule has 0 atom stereocenters. The summed E-state index contributed by atoms with van der Waals surface area (Å²) in [4.78, 5) is 26.5. The zero-order valence-electron chi connectivity index (χ0n) is 11.2. The van der Waals surface area contributed by atoms with Crippen LogP contribution >= 0.6 is 11.3 Å². The number of hydrogen-bond donors (Lipinski definition) is 2. The molecule has 2 rings (SSSR count). The Hall–Kier alpha value is -2.55. The van der Waals surface area contributed by atoms with Gasteiger partial charge in [0.1, 0.15) is 0 Å². The van der Waals surface area contributed by atoms with Crippen LogP contribution in [0.3, 0.4) is 0 Å². The zero-order chi connectivity index (χ0) is 15.4. The first kappa shape index (κ1) is 14.9. The number of hydrogen-bond acceptors (Lipinski definition) is 8. The second kappa shape index (κ2) is 6.27. The van der Waals surface area contributed by atoms with Crippen molar-refractivity contribution in [2.75, 3.05) is 11.9 Å². The molecule has 0 fully saturated rings. The fourth-order valence-electron chi connectivity index (χ4n) is 1.47. The Kier molecular flexibility index (Phi) is 4.43. The van der Waals surface area contributed by atoms with Crippen LogP contribution in [0.25, 0.3) is 10.8 Å². The van der Waals surface area contributed by atoms with Crippen molar-refractivity contribution < 1.29 is 28.6 Å². The predicted molar refractivity (Wildman–Crippen MR) is 73.4 cm³/mol. The number of amides is 1. The summed E-state index contributed by atoms with van der Waals surface area (Å²) >= 11 is 1.21. The third-order valence-electron chi connectivity index (χ3n) is 2.20. The van der Waals surface area contributed by atoms with E-state index in [0.717, 1.165) is 6.92 Å². The molecule has 0 spiro atoms. The third kappa shape index (κ3) is 3.31. The molecular formula is C12H12N2O6S. The Labute approximate surface area is 123 Å². The minimum absolute atomic E-state index is 0.00644. The Morgan fingerprint density at radius 3 is 2.86 bits per heavy atom. The minimum Gasteiger partial charge on any atom is -0.501 e. The van der Waals surface area contributed by atoms with Crippen molar-refractivity contribution in [2.24, 2.45) is 0 Å². The van der Waals surface area contributed by atoms with Gasteiger partial charge in [-0.2, -0.15) is 0 Å². The van der Waals surface area contributed by atoms with E-state index in [1.54, 1.807) is 12.3 Å². The lowest BCUT2D eigenvalue weighted by Crippen LogP contribution is -2.14. The number of aromatic hydroxyl groups is 1. The SMILES string of the molecule is CCOC(=O)Nc1oc(-c2nccs2)c(O)c1OC(C)=O. The second-order valence-corrected chi connectivity index (χ2v) is 4.61.